The highest BCUT2D eigenvalue weighted by molar-refractivity contribution is 5.93. The fourth-order valence-electron chi connectivity index (χ4n) is 4.40. The van der Waals surface area contributed by atoms with E-state index in [2.05, 4.69) is 9.97 Å². The molecule has 3 heterocycles. The fourth-order valence-corrected chi connectivity index (χ4v) is 4.40. The molecule has 0 fully saturated rings. The number of rotatable bonds is 6. The summed E-state index contributed by atoms with van der Waals surface area (Å²) in [5, 5.41) is 11.4. The zero-order valence-electron chi connectivity index (χ0n) is 18.9. The van der Waals surface area contributed by atoms with Crippen molar-refractivity contribution in [1.29, 1.82) is 0 Å². The smallest absolute Gasteiger partial charge is 0.339 e. The van der Waals surface area contributed by atoms with Gasteiger partial charge in [0.2, 0.25) is 0 Å². The highest BCUT2D eigenvalue weighted by Gasteiger charge is 2.51. The van der Waals surface area contributed by atoms with Gasteiger partial charge in [0.1, 0.15) is 11.7 Å². The van der Waals surface area contributed by atoms with Crippen molar-refractivity contribution in [3.63, 3.8) is 0 Å². The summed E-state index contributed by atoms with van der Waals surface area (Å²) in [7, 11) is 2.48. The van der Waals surface area contributed by atoms with Gasteiger partial charge in [0.05, 0.1) is 43.3 Å². The Morgan fingerprint density at radius 3 is 2.06 bits per heavy atom. The van der Waals surface area contributed by atoms with Crippen LogP contribution in [-0.4, -0.2) is 46.1 Å². The number of aromatic nitrogens is 2. The number of carbonyl (C=O) groups excluding carboxylic acids is 2. The zero-order valence-corrected chi connectivity index (χ0v) is 18.9. The summed E-state index contributed by atoms with van der Waals surface area (Å²) in [4.78, 5) is 36.9. The van der Waals surface area contributed by atoms with Gasteiger partial charge in [-0.3, -0.25) is 19.7 Å². The lowest BCUT2D eigenvalue weighted by Gasteiger charge is -2.44. The van der Waals surface area contributed by atoms with Crippen LogP contribution in [0.4, 0.5) is 0 Å². The van der Waals surface area contributed by atoms with Crippen LogP contribution in [0.15, 0.2) is 90.5 Å². The SMILES string of the molecule is COC(=O)C1=C(O)C(C(=O)OC)C(c2ccccn2)N(Cc2ccccc2)C1c1ccccn1. The van der Waals surface area contributed by atoms with Gasteiger partial charge in [0.15, 0.2) is 0 Å². The van der Waals surface area contributed by atoms with Gasteiger partial charge in [-0.05, 0) is 29.8 Å². The lowest BCUT2D eigenvalue weighted by molar-refractivity contribution is -0.150. The van der Waals surface area contributed by atoms with Crippen molar-refractivity contribution in [3.8, 4) is 0 Å². The first-order chi connectivity index (χ1) is 16.6. The highest BCUT2D eigenvalue weighted by atomic mass is 16.5. The molecule has 3 atom stereocenters. The Bertz CT molecular complexity index is 1170. The minimum absolute atomic E-state index is 0.0558. The first-order valence-corrected chi connectivity index (χ1v) is 10.8. The third-order valence-corrected chi connectivity index (χ3v) is 5.88. The first kappa shape index (κ1) is 23.1. The molecule has 174 valence electrons. The van der Waals surface area contributed by atoms with Crippen LogP contribution in [0.5, 0.6) is 0 Å². The lowest BCUT2D eigenvalue weighted by atomic mass is 9.81. The van der Waals surface area contributed by atoms with E-state index in [9.17, 15) is 14.7 Å². The molecule has 0 bridgehead atoms. The number of aliphatic hydroxyl groups excluding tert-OH is 1. The Morgan fingerprint density at radius 2 is 1.50 bits per heavy atom. The van der Waals surface area contributed by atoms with Crippen molar-refractivity contribution >= 4 is 11.9 Å². The van der Waals surface area contributed by atoms with Crippen LogP contribution >= 0.6 is 0 Å². The van der Waals surface area contributed by atoms with Crippen LogP contribution in [0.25, 0.3) is 0 Å². The summed E-state index contributed by atoms with van der Waals surface area (Å²) >= 11 is 0. The number of benzene rings is 1. The number of ether oxygens (including phenoxy) is 2. The maximum atomic E-state index is 13.0. The number of aliphatic hydroxyl groups is 1. The Kier molecular flexibility index (Phi) is 6.98. The second-order valence-corrected chi connectivity index (χ2v) is 7.81. The molecule has 0 saturated heterocycles. The van der Waals surface area contributed by atoms with Crippen molar-refractivity contribution < 1.29 is 24.2 Å². The maximum absolute atomic E-state index is 13.0. The number of hydrogen-bond acceptors (Lipinski definition) is 8. The summed E-state index contributed by atoms with van der Waals surface area (Å²) in [6.07, 6.45) is 3.24. The van der Waals surface area contributed by atoms with Crippen LogP contribution in [0.1, 0.15) is 29.0 Å². The van der Waals surface area contributed by atoms with Crippen LogP contribution in [-0.2, 0) is 25.6 Å². The van der Waals surface area contributed by atoms with E-state index in [1.54, 1.807) is 42.7 Å². The van der Waals surface area contributed by atoms with Crippen molar-refractivity contribution in [2.45, 2.75) is 18.6 Å². The number of carbonyl (C=O) groups is 2. The summed E-state index contributed by atoms with van der Waals surface area (Å²) in [6.45, 7) is 0.338. The third kappa shape index (κ3) is 4.40. The van der Waals surface area contributed by atoms with Gasteiger partial charge >= 0.3 is 11.9 Å². The Hall–Kier alpha value is -4.04. The predicted octanol–water partition coefficient (Wildman–Crippen LogP) is 3.55. The molecule has 0 amide bonds. The third-order valence-electron chi connectivity index (χ3n) is 5.88. The van der Waals surface area contributed by atoms with Crippen LogP contribution in [0, 0.1) is 5.92 Å². The van der Waals surface area contributed by atoms with Gasteiger partial charge in [-0.15, -0.1) is 0 Å². The van der Waals surface area contributed by atoms with Crippen LogP contribution in [0.3, 0.4) is 0 Å². The fraction of sp³-hybridized carbons (Fsp3) is 0.231. The van der Waals surface area contributed by atoms with E-state index in [0.29, 0.717) is 17.9 Å². The molecule has 1 N–H and O–H groups in total. The molecule has 1 aliphatic heterocycles. The van der Waals surface area contributed by atoms with E-state index in [1.807, 2.05) is 41.3 Å². The molecule has 4 rings (SSSR count). The molecule has 1 aromatic carbocycles. The number of esters is 2. The molecular formula is C26H25N3O5. The number of methoxy groups -OCH3 is 2. The average Bonchev–Trinajstić information content (AvgIpc) is 2.89. The molecule has 8 heteroatoms. The number of hydrogen-bond donors (Lipinski definition) is 1. The summed E-state index contributed by atoms with van der Waals surface area (Å²) in [5.41, 5.74) is 1.96. The van der Waals surface area contributed by atoms with E-state index < -0.39 is 35.7 Å². The van der Waals surface area contributed by atoms with Gasteiger partial charge in [-0.1, -0.05) is 42.5 Å². The molecule has 3 aromatic rings. The van der Waals surface area contributed by atoms with Gasteiger partial charge in [-0.2, -0.15) is 0 Å². The van der Waals surface area contributed by atoms with E-state index in [4.69, 9.17) is 9.47 Å². The largest absolute Gasteiger partial charge is 0.511 e. The summed E-state index contributed by atoms with van der Waals surface area (Å²) in [5.74, 6) is -3.04. The number of pyridine rings is 2. The van der Waals surface area contributed by atoms with Gasteiger partial charge < -0.3 is 14.6 Å². The molecule has 8 nitrogen and oxygen atoms in total. The van der Waals surface area contributed by atoms with E-state index in [1.165, 1.54) is 14.2 Å². The molecule has 1 aliphatic rings. The zero-order chi connectivity index (χ0) is 24.1. The second-order valence-electron chi connectivity index (χ2n) is 7.81. The predicted molar refractivity (Wildman–Crippen MR) is 123 cm³/mol. The van der Waals surface area contributed by atoms with Gasteiger partial charge in [0, 0.05) is 18.9 Å². The van der Waals surface area contributed by atoms with Gasteiger partial charge in [-0.25, -0.2) is 4.79 Å². The minimum atomic E-state index is -1.20. The van der Waals surface area contributed by atoms with Crippen LogP contribution < -0.4 is 0 Å². The van der Waals surface area contributed by atoms with Crippen molar-refractivity contribution in [2.24, 2.45) is 5.92 Å². The van der Waals surface area contributed by atoms with Crippen LogP contribution in [0.2, 0.25) is 0 Å². The summed E-state index contributed by atoms with van der Waals surface area (Å²) < 4.78 is 10.1. The second kappa shape index (κ2) is 10.3. The van der Waals surface area contributed by atoms with Crippen molar-refractivity contribution in [2.75, 3.05) is 14.2 Å². The highest BCUT2D eigenvalue weighted by Crippen LogP contribution is 2.48. The lowest BCUT2D eigenvalue weighted by Crippen LogP contribution is -2.47. The molecule has 0 spiro atoms. The van der Waals surface area contributed by atoms with E-state index >= 15 is 0 Å². The normalized spacial score (nSPS) is 20.6. The molecule has 3 unspecified atom stereocenters. The summed E-state index contributed by atoms with van der Waals surface area (Å²) in [6, 6.07) is 18.8. The Balaban J connectivity index is 2.01. The first-order valence-electron chi connectivity index (χ1n) is 10.8. The Labute approximate surface area is 197 Å². The average molecular weight is 460 g/mol. The topological polar surface area (TPSA) is 102 Å². The standard InChI is InChI=1S/C26H25N3O5/c1-33-25(31)20-22(18-12-6-8-14-27-18)29(16-17-10-4-3-5-11-17)23(19-13-7-9-15-28-19)21(24(20)30)26(32)34-2/h3-15,20,22-23,30H,16H2,1-2H3. The van der Waals surface area contributed by atoms with Crippen molar-refractivity contribution in [1.82, 2.24) is 14.9 Å². The molecule has 0 radical (unpaired) electrons. The molecule has 0 saturated carbocycles. The monoisotopic (exact) mass is 459 g/mol. The molecule has 34 heavy (non-hydrogen) atoms. The molecule has 0 aliphatic carbocycles. The Morgan fingerprint density at radius 1 is 0.882 bits per heavy atom. The minimum Gasteiger partial charge on any atom is -0.511 e. The molecule has 2 aromatic heterocycles. The van der Waals surface area contributed by atoms with Crippen molar-refractivity contribution in [3.05, 3.63) is 107 Å². The van der Waals surface area contributed by atoms with Gasteiger partial charge in [0.25, 0.3) is 0 Å². The van der Waals surface area contributed by atoms with E-state index in [-0.39, 0.29) is 5.57 Å². The number of nitrogens with zero attached hydrogens (tertiary/aromatic N) is 3. The van der Waals surface area contributed by atoms with E-state index in [0.717, 1.165) is 5.56 Å². The molecular weight excluding hydrogens is 434 g/mol. The quantitative estimate of drug-likeness (QED) is 0.559. The maximum Gasteiger partial charge on any atom is 0.339 e.